The molecule has 0 spiro atoms. The van der Waals surface area contributed by atoms with E-state index in [1.54, 1.807) is 36.2 Å². The molecule has 0 aliphatic rings. The first-order valence-corrected chi connectivity index (χ1v) is 6.14. The number of rotatable bonds is 7. The van der Waals surface area contributed by atoms with E-state index in [0.717, 1.165) is 0 Å². The number of hydrogen-bond acceptors (Lipinski definition) is 4. The minimum atomic E-state index is -1.03. The summed E-state index contributed by atoms with van der Waals surface area (Å²) >= 11 is 0. The number of carboxylic acid groups (broad SMARTS) is 1. The number of anilines is 1. The number of hydrogen-bond donors (Lipinski definition) is 3. The number of carbonyl (C=O) groups excluding carboxylic acids is 1. The fraction of sp³-hybridized carbons (Fsp3) is 0.385. The molecule has 1 aromatic carbocycles. The van der Waals surface area contributed by atoms with Gasteiger partial charge >= 0.3 is 12.0 Å². The van der Waals surface area contributed by atoms with Gasteiger partial charge in [-0.25, -0.2) is 9.59 Å². The average Bonchev–Trinajstić information content (AvgIpc) is 2.43. The van der Waals surface area contributed by atoms with Gasteiger partial charge in [0.1, 0.15) is 5.75 Å². The van der Waals surface area contributed by atoms with Crippen molar-refractivity contribution in [1.82, 2.24) is 10.2 Å². The van der Waals surface area contributed by atoms with Gasteiger partial charge in [-0.15, -0.1) is 0 Å². The van der Waals surface area contributed by atoms with Crippen LogP contribution in [-0.2, 0) is 4.79 Å². The van der Waals surface area contributed by atoms with Crippen molar-refractivity contribution < 1.29 is 19.4 Å². The maximum absolute atomic E-state index is 11.8. The van der Waals surface area contributed by atoms with Gasteiger partial charge in [-0.05, 0) is 31.3 Å². The highest BCUT2D eigenvalue weighted by Crippen LogP contribution is 2.15. The Labute approximate surface area is 117 Å². The second kappa shape index (κ2) is 8.00. The molecule has 0 aromatic heterocycles. The summed E-state index contributed by atoms with van der Waals surface area (Å²) < 4.78 is 5.00. The highest BCUT2D eigenvalue weighted by Gasteiger charge is 2.08. The smallest absolute Gasteiger partial charge is 0.341 e. The molecule has 3 N–H and O–H groups in total. The van der Waals surface area contributed by atoms with Crippen LogP contribution in [0.25, 0.3) is 0 Å². The van der Waals surface area contributed by atoms with Crippen molar-refractivity contribution in [3.05, 3.63) is 24.3 Å². The fourth-order valence-corrected chi connectivity index (χ4v) is 1.38. The Morgan fingerprint density at radius 3 is 2.50 bits per heavy atom. The summed E-state index contributed by atoms with van der Waals surface area (Å²) in [6.45, 7) is 0.923. The molecule has 7 heteroatoms. The Morgan fingerprint density at radius 2 is 1.95 bits per heavy atom. The van der Waals surface area contributed by atoms with Gasteiger partial charge in [0, 0.05) is 25.8 Å². The summed E-state index contributed by atoms with van der Waals surface area (Å²) in [6, 6.07) is 6.31. The first-order valence-electron chi connectivity index (χ1n) is 6.14. The molecule has 20 heavy (non-hydrogen) atoms. The molecule has 2 amide bonds. The summed E-state index contributed by atoms with van der Waals surface area (Å²) in [5, 5.41) is 14.2. The van der Waals surface area contributed by atoms with Crippen LogP contribution in [-0.4, -0.2) is 55.8 Å². The molecule has 0 heterocycles. The molecule has 7 nitrogen and oxygen atoms in total. The lowest BCUT2D eigenvalue weighted by atomic mass is 10.3. The van der Waals surface area contributed by atoms with Crippen LogP contribution >= 0.6 is 0 Å². The Hall–Kier alpha value is -2.28. The first kappa shape index (κ1) is 15.8. The molecule has 110 valence electrons. The van der Waals surface area contributed by atoms with E-state index in [2.05, 4.69) is 10.6 Å². The van der Waals surface area contributed by atoms with Gasteiger partial charge < -0.3 is 25.4 Å². The van der Waals surface area contributed by atoms with Crippen molar-refractivity contribution in [2.75, 3.05) is 39.1 Å². The van der Waals surface area contributed by atoms with E-state index in [-0.39, 0.29) is 6.03 Å². The molecule has 0 aliphatic carbocycles. The van der Waals surface area contributed by atoms with Crippen LogP contribution < -0.4 is 15.4 Å². The Kier molecular flexibility index (Phi) is 6.31. The van der Waals surface area contributed by atoms with Crippen molar-refractivity contribution in [3.8, 4) is 5.75 Å². The van der Waals surface area contributed by atoms with Crippen LogP contribution in [0.2, 0.25) is 0 Å². The lowest BCUT2D eigenvalue weighted by Gasteiger charge is -2.17. The van der Waals surface area contributed by atoms with E-state index in [0.29, 0.717) is 24.5 Å². The zero-order valence-electron chi connectivity index (χ0n) is 11.5. The molecule has 0 atom stereocenters. The minimum Gasteiger partial charge on any atom is -0.482 e. The number of nitrogens with one attached hydrogen (secondary N) is 2. The van der Waals surface area contributed by atoms with Crippen molar-refractivity contribution >= 4 is 17.7 Å². The number of carbonyl (C=O) groups is 2. The molecule has 0 saturated carbocycles. The van der Waals surface area contributed by atoms with E-state index in [4.69, 9.17) is 9.84 Å². The Bertz CT molecular complexity index is 447. The molecule has 0 bridgehead atoms. The van der Waals surface area contributed by atoms with E-state index >= 15 is 0 Å². The molecule has 0 radical (unpaired) electrons. The molecule has 0 fully saturated rings. The molecule has 0 unspecified atom stereocenters. The molecular weight excluding hydrogens is 262 g/mol. The van der Waals surface area contributed by atoms with Crippen LogP contribution in [0.1, 0.15) is 0 Å². The second-order valence-corrected chi connectivity index (χ2v) is 4.16. The second-order valence-electron chi connectivity index (χ2n) is 4.16. The van der Waals surface area contributed by atoms with Gasteiger partial charge in [0.15, 0.2) is 6.61 Å². The third-order valence-corrected chi connectivity index (χ3v) is 2.51. The predicted octanol–water partition coefficient (Wildman–Crippen LogP) is 0.833. The van der Waals surface area contributed by atoms with Crippen molar-refractivity contribution in [2.24, 2.45) is 0 Å². The summed E-state index contributed by atoms with van der Waals surface area (Å²) in [4.78, 5) is 23.7. The molecule has 1 aromatic rings. The van der Waals surface area contributed by atoms with Crippen LogP contribution in [0.3, 0.4) is 0 Å². The molecule has 1 rings (SSSR count). The number of aliphatic carboxylic acids is 1. The maximum Gasteiger partial charge on any atom is 0.341 e. The SMILES string of the molecule is CNCCN(C)C(=O)Nc1ccc(OCC(=O)O)cc1. The lowest BCUT2D eigenvalue weighted by Crippen LogP contribution is -2.35. The molecule has 0 aliphatic heterocycles. The topological polar surface area (TPSA) is 90.9 Å². The van der Waals surface area contributed by atoms with Gasteiger partial charge in [0.25, 0.3) is 0 Å². The number of benzene rings is 1. The third kappa shape index (κ3) is 5.57. The van der Waals surface area contributed by atoms with Gasteiger partial charge in [-0.2, -0.15) is 0 Å². The largest absolute Gasteiger partial charge is 0.482 e. The summed E-state index contributed by atoms with van der Waals surface area (Å²) in [5.41, 5.74) is 0.619. The average molecular weight is 281 g/mol. The van der Waals surface area contributed by atoms with Crippen molar-refractivity contribution in [3.63, 3.8) is 0 Å². The first-order chi connectivity index (χ1) is 9.52. The number of urea groups is 1. The number of ether oxygens (including phenoxy) is 1. The number of amides is 2. The van der Waals surface area contributed by atoms with E-state index in [9.17, 15) is 9.59 Å². The van der Waals surface area contributed by atoms with Crippen LogP contribution in [0.15, 0.2) is 24.3 Å². The van der Waals surface area contributed by atoms with Crippen LogP contribution in [0.5, 0.6) is 5.75 Å². The highest BCUT2D eigenvalue weighted by atomic mass is 16.5. The normalized spacial score (nSPS) is 9.90. The van der Waals surface area contributed by atoms with Crippen molar-refractivity contribution in [1.29, 1.82) is 0 Å². The zero-order chi connectivity index (χ0) is 15.0. The molecular formula is C13H19N3O4. The van der Waals surface area contributed by atoms with Gasteiger partial charge in [0.2, 0.25) is 0 Å². The van der Waals surface area contributed by atoms with Gasteiger partial charge in [0.05, 0.1) is 0 Å². The van der Waals surface area contributed by atoms with E-state index in [1.807, 2.05) is 7.05 Å². The maximum atomic E-state index is 11.8. The number of carboxylic acids is 1. The lowest BCUT2D eigenvalue weighted by molar-refractivity contribution is -0.139. The standard InChI is InChI=1S/C13H19N3O4/c1-14-7-8-16(2)13(19)15-10-3-5-11(6-4-10)20-9-12(17)18/h3-6,14H,7-9H2,1-2H3,(H,15,19)(H,17,18). The summed E-state index contributed by atoms with van der Waals surface area (Å²) in [6.07, 6.45) is 0. The van der Waals surface area contributed by atoms with Crippen molar-refractivity contribution in [2.45, 2.75) is 0 Å². The fourth-order valence-electron chi connectivity index (χ4n) is 1.38. The number of likely N-dealkylation sites (N-methyl/N-ethyl adjacent to an activating group) is 2. The zero-order valence-corrected chi connectivity index (χ0v) is 11.5. The van der Waals surface area contributed by atoms with Gasteiger partial charge in [-0.3, -0.25) is 0 Å². The highest BCUT2D eigenvalue weighted by molar-refractivity contribution is 5.89. The van der Waals surface area contributed by atoms with Crippen LogP contribution in [0, 0.1) is 0 Å². The summed E-state index contributed by atoms with van der Waals surface area (Å²) in [7, 11) is 3.53. The Balaban J connectivity index is 2.48. The molecule has 0 saturated heterocycles. The monoisotopic (exact) mass is 281 g/mol. The van der Waals surface area contributed by atoms with Gasteiger partial charge in [-0.1, -0.05) is 0 Å². The third-order valence-electron chi connectivity index (χ3n) is 2.51. The van der Waals surface area contributed by atoms with E-state index in [1.165, 1.54) is 0 Å². The van der Waals surface area contributed by atoms with E-state index < -0.39 is 12.6 Å². The minimum absolute atomic E-state index is 0.209. The Morgan fingerprint density at radius 1 is 1.30 bits per heavy atom. The van der Waals surface area contributed by atoms with Crippen LogP contribution in [0.4, 0.5) is 10.5 Å². The summed E-state index contributed by atoms with van der Waals surface area (Å²) in [5.74, 6) is -0.595. The predicted molar refractivity (Wildman–Crippen MR) is 75.1 cm³/mol. The number of nitrogens with zero attached hydrogens (tertiary/aromatic N) is 1. The quantitative estimate of drug-likeness (QED) is 0.688.